The van der Waals surface area contributed by atoms with Crippen LogP contribution in [-0.4, -0.2) is 59.0 Å². The van der Waals surface area contributed by atoms with E-state index in [9.17, 15) is 34.2 Å². The number of hydrogen-bond acceptors (Lipinski definition) is 10. The second kappa shape index (κ2) is 14.0. The summed E-state index contributed by atoms with van der Waals surface area (Å²) in [6.07, 6.45) is 7.08. The van der Waals surface area contributed by atoms with E-state index in [-0.39, 0.29) is 43.7 Å². The monoisotopic (exact) mass is 762 g/mol. The quantitative estimate of drug-likeness (QED) is 0.257. The Hall–Kier alpha value is -4.31. The van der Waals surface area contributed by atoms with Crippen LogP contribution in [0.25, 0.3) is 11.0 Å². The molecule has 51 heavy (non-hydrogen) atoms. The number of thiazole rings is 2. The molecule has 1 aliphatic carbocycles. The van der Waals surface area contributed by atoms with Gasteiger partial charge in [-0.15, -0.1) is 22.7 Å². The van der Waals surface area contributed by atoms with E-state index in [1.54, 1.807) is 25.1 Å². The number of thiocarbonyl (C=S) groups is 1. The average Bonchev–Trinajstić information content (AvgIpc) is 3.72. The van der Waals surface area contributed by atoms with Gasteiger partial charge in [0.25, 0.3) is 17.0 Å². The molecule has 0 spiro atoms. The molecule has 1 amide bonds. The van der Waals surface area contributed by atoms with Gasteiger partial charge in [-0.25, -0.2) is 4.79 Å². The summed E-state index contributed by atoms with van der Waals surface area (Å²) in [6, 6.07) is 13.2. The molecule has 2 atom stereocenters. The molecular formula is C36H34N4O7S4. The van der Waals surface area contributed by atoms with Gasteiger partial charge >= 0.3 is 11.9 Å². The van der Waals surface area contributed by atoms with Crippen LogP contribution < -0.4 is 25.2 Å². The second-order valence-corrected chi connectivity index (χ2v) is 16.3. The highest BCUT2D eigenvalue weighted by Crippen LogP contribution is 2.50. The van der Waals surface area contributed by atoms with Crippen molar-refractivity contribution in [2.75, 3.05) is 11.4 Å². The number of fused-ring (bicyclic) bond motifs is 3. The van der Waals surface area contributed by atoms with Crippen molar-refractivity contribution in [1.82, 2.24) is 14.0 Å². The van der Waals surface area contributed by atoms with E-state index in [2.05, 4.69) is 11.0 Å². The Morgan fingerprint density at radius 2 is 1.65 bits per heavy atom. The number of amides is 1. The molecule has 0 radical (unpaired) electrons. The van der Waals surface area contributed by atoms with Crippen molar-refractivity contribution in [3.05, 3.63) is 98.3 Å². The third-order valence-electron chi connectivity index (χ3n) is 9.67. The van der Waals surface area contributed by atoms with Gasteiger partial charge in [0.15, 0.2) is 0 Å². The fraction of sp³-hybridized carbons (Fsp3) is 0.333. The van der Waals surface area contributed by atoms with E-state index in [0.717, 1.165) is 93.6 Å². The lowest BCUT2D eigenvalue weighted by Gasteiger charge is -2.29. The molecule has 264 valence electrons. The number of aromatic carboxylic acids is 1. The summed E-state index contributed by atoms with van der Waals surface area (Å²) in [5, 5.41) is 19.2. The molecule has 11 nitrogen and oxygen atoms in total. The zero-order valence-electron chi connectivity index (χ0n) is 27.8. The average molecular weight is 763 g/mol. The number of hydrogen-bond donors (Lipinski definition) is 2. The third kappa shape index (κ3) is 6.19. The molecule has 1 saturated carbocycles. The van der Waals surface area contributed by atoms with Crippen LogP contribution in [0.15, 0.2) is 52.1 Å². The highest BCUT2D eigenvalue weighted by molar-refractivity contribution is 8.30. The molecule has 4 aromatic rings. The minimum Gasteiger partial charge on any atom is -0.480 e. The van der Waals surface area contributed by atoms with E-state index < -0.39 is 29.6 Å². The van der Waals surface area contributed by atoms with Crippen molar-refractivity contribution < 1.29 is 24.6 Å². The standard InChI is InChI=1S/C36H34N4O7S4/c1-3-37-31(44)28(50-33(37)29-32(45)38(4-2)36(48)51-29)34-39(18-27(41)42)30(43)26(49-34)17-19-10-15-25-23(16-19)22-8-6-5-7-9-24(22)40(25)21-13-11-20(12-14-21)35(46)47/h10-17,22,24H,3-9,18H2,1-2H3,(H,41,42)(H,46,47)/b26-17-,33-29+,34-28+. The van der Waals surface area contributed by atoms with Gasteiger partial charge in [-0.05, 0) is 80.3 Å². The highest BCUT2D eigenvalue weighted by Gasteiger charge is 2.39. The Bertz CT molecular complexity index is 2460. The molecule has 2 unspecified atom stereocenters. The van der Waals surface area contributed by atoms with Crippen molar-refractivity contribution in [1.29, 1.82) is 0 Å². The highest BCUT2D eigenvalue weighted by atomic mass is 32.2. The fourth-order valence-corrected chi connectivity index (χ4v) is 11.3. The van der Waals surface area contributed by atoms with E-state index in [1.165, 1.54) is 9.47 Å². The first-order valence-corrected chi connectivity index (χ1v) is 19.6. The molecule has 2 fully saturated rings. The van der Waals surface area contributed by atoms with Gasteiger partial charge in [-0.1, -0.05) is 49.3 Å². The SMILES string of the molecule is CCN1C(=O)/C(=c2\s/c(=c3/s/c(=C\c4ccc5c(c4)C4CCCCCC4N5c4ccc(C(=O)O)cc4)c(=O)n3CC(=O)O)c(=O)n2CC)SC1=S. The lowest BCUT2D eigenvalue weighted by molar-refractivity contribution is -0.137. The number of carbonyl (C=O) groups excluding carboxylic acids is 1. The summed E-state index contributed by atoms with van der Waals surface area (Å²) in [5.74, 6) is -2.22. The van der Waals surface area contributed by atoms with Gasteiger partial charge in [0.2, 0.25) is 0 Å². The second-order valence-electron chi connectivity index (χ2n) is 12.6. The largest absolute Gasteiger partial charge is 0.480 e. The third-order valence-corrected chi connectivity index (χ3v) is 13.7. The molecule has 2 N–H and O–H groups in total. The Morgan fingerprint density at radius 1 is 0.902 bits per heavy atom. The van der Waals surface area contributed by atoms with Gasteiger partial charge in [0, 0.05) is 36.4 Å². The maximum Gasteiger partial charge on any atom is 0.335 e. The number of benzene rings is 2. The molecule has 4 heterocycles. The first kappa shape index (κ1) is 35.1. The lowest BCUT2D eigenvalue weighted by Crippen LogP contribution is -2.31. The van der Waals surface area contributed by atoms with Crippen molar-refractivity contribution in [2.24, 2.45) is 0 Å². The first-order chi connectivity index (χ1) is 24.5. The van der Waals surface area contributed by atoms with Crippen molar-refractivity contribution in [3.8, 4) is 0 Å². The summed E-state index contributed by atoms with van der Waals surface area (Å²) >= 11 is 8.67. The minimum absolute atomic E-state index is 0.191. The van der Waals surface area contributed by atoms with E-state index in [1.807, 2.05) is 31.2 Å². The fourth-order valence-electron chi connectivity index (χ4n) is 7.33. The Labute approximate surface area is 309 Å². The number of carboxylic acids is 2. The molecule has 7 rings (SSSR count). The van der Waals surface area contributed by atoms with Gasteiger partial charge in [-0.2, -0.15) is 0 Å². The summed E-state index contributed by atoms with van der Waals surface area (Å²) in [7, 11) is 0. The lowest BCUT2D eigenvalue weighted by atomic mass is 9.90. The van der Waals surface area contributed by atoms with Gasteiger partial charge in [0.1, 0.15) is 29.6 Å². The van der Waals surface area contributed by atoms with Gasteiger partial charge in [-0.3, -0.25) is 33.2 Å². The van der Waals surface area contributed by atoms with E-state index >= 15 is 0 Å². The summed E-state index contributed by atoms with van der Waals surface area (Å²) in [6.45, 7) is 3.65. The van der Waals surface area contributed by atoms with Gasteiger partial charge < -0.3 is 15.1 Å². The van der Waals surface area contributed by atoms with Crippen LogP contribution in [0.3, 0.4) is 0 Å². The van der Waals surface area contributed by atoms with Crippen LogP contribution in [-0.2, 0) is 22.7 Å². The van der Waals surface area contributed by atoms with Crippen molar-refractivity contribution >= 4 is 91.2 Å². The summed E-state index contributed by atoms with van der Waals surface area (Å²) in [4.78, 5) is 68.5. The van der Waals surface area contributed by atoms with Crippen LogP contribution in [0, 0.1) is 9.20 Å². The van der Waals surface area contributed by atoms with Crippen LogP contribution in [0.5, 0.6) is 0 Å². The van der Waals surface area contributed by atoms with Crippen LogP contribution >= 0.6 is 46.7 Å². The van der Waals surface area contributed by atoms with Crippen molar-refractivity contribution in [3.63, 3.8) is 0 Å². The number of carboxylic acid groups (broad SMARTS) is 2. The Morgan fingerprint density at radius 3 is 2.31 bits per heavy atom. The number of anilines is 2. The number of aromatic nitrogens is 2. The number of rotatable bonds is 7. The molecule has 15 heteroatoms. The van der Waals surface area contributed by atoms with E-state index in [0.29, 0.717) is 20.4 Å². The zero-order chi connectivity index (χ0) is 36.1. The Kier molecular flexibility index (Phi) is 9.65. The smallest absolute Gasteiger partial charge is 0.335 e. The molecule has 2 aromatic heterocycles. The first-order valence-electron chi connectivity index (χ1n) is 16.7. The normalized spacial score (nSPS) is 20.9. The van der Waals surface area contributed by atoms with Crippen LogP contribution in [0.4, 0.5) is 11.4 Å². The topological polar surface area (TPSA) is 142 Å². The van der Waals surface area contributed by atoms with E-state index in [4.69, 9.17) is 12.2 Å². The molecule has 3 aliphatic rings. The van der Waals surface area contributed by atoms with Gasteiger partial charge in [0.05, 0.1) is 10.1 Å². The number of thioether (sulfide) groups is 1. The summed E-state index contributed by atoms with van der Waals surface area (Å²) < 4.78 is 4.15. The molecular weight excluding hydrogens is 729 g/mol. The molecule has 0 bridgehead atoms. The number of aliphatic carboxylic acids is 1. The predicted octanol–water partition coefficient (Wildman–Crippen LogP) is 4.61. The van der Waals surface area contributed by atoms with Crippen LogP contribution in [0.2, 0.25) is 0 Å². The Balaban J connectivity index is 1.40. The molecule has 2 aliphatic heterocycles. The molecule has 1 saturated heterocycles. The number of nitrogens with zero attached hydrogens (tertiary/aromatic N) is 4. The summed E-state index contributed by atoms with van der Waals surface area (Å²) in [5.41, 5.74) is 3.23. The maximum absolute atomic E-state index is 13.9. The number of carbonyl (C=O) groups is 3. The zero-order valence-corrected chi connectivity index (χ0v) is 31.1. The molecule has 2 aromatic carbocycles. The minimum atomic E-state index is -1.22. The van der Waals surface area contributed by atoms with Crippen molar-refractivity contribution in [2.45, 2.75) is 71.0 Å². The predicted molar refractivity (Wildman–Crippen MR) is 204 cm³/mol. The maximum atomic E-state index is 13.9. The van der Waals surface area contributed by atoms with Crippen LogP contribution in [0.1, 0.15) is 73.4 Å².